The number of benzene rings is 1. The number of nitrogens with zero attached hydrogens (tertiary/aromatic N) is 1. The Morgan fingerprint density at radius 2 is 2.06 bits per heavy atom. The predicted molar refractivity (Wildman–Crippen MR) is 63.1 cm³/mol. The lowest BCUT2D eigenvalue weighted by molar-refractivity contribution is -0.114. The van der Waals surface area contributed by atoms with Gasteiger partial charge in [-0.1, -0.05) is 24.3 Å². The molecule has 4 nitrogen and oxygen atoms in total. The van der Waals surface area contributed by atoms with Crippen molar-refractivity contribution >= 4 is 11.7 Å². The minimum Gasteiger partial charge on any atom is -0.311 e. The van der Waals surface area contributed by atoms with E-state index in [9.17, 15) is 4.79 Å². The number of nitrogens with one attached hydrogen (secondary N) is 2. The Morgan fingerprint density at radius 1 is 1.31 bits per heavy atom. The zero-order chi connectivity index (χ0) is 11.5. The molecule has 0 atom stereocenters. The quantitative estimate of drug-likeness (QED) is 0.807. The molecule has 16 heavy (non-hydrogen) atoms. The molecule has 0 radical (unpaired) electrons. The Labute approximate surface area is 93.7 Å². The monoisotopic (exact) mass is 215 g/mol. The summed E-state index contributed by atoms with van der Waals surface area (Å²) in [6.07, 6.45) is 1.72. The molecule has 0 aliphatic heterocycles. The molecule has 0 fully saturated rings. The number of carbonyl (C=O) groups excluding carboxylic acids is 1. The maximum Gasteiger partial charge on any atom is 0.222 e. The molecule has 2 N–H and O–H groups in total. The van der Waals surface area contributed by atoms with E-state index in [2.05, 4.69) is 15.5 Å². The predicted octanol–water partition coefficient (Wildman–Crippen LogP) is 2.34. The lowest BCUT2D eigenvalue weighted by Gasteiger charge is -2.06. The van der Waals surface area contributed by atoms with Crippen LogP contribution in [0.4, 0.5) is 5.82 Å². The van der Waals surface area contributed by atoms with E-state index in [0.29, 0.717) is 5.82 Å². The van der Waals surface area contributed by atoms with Gasteiger partial charge in [-0.2, -0.15) is 5.10 Å². The third-order valence-electron chi connectivity index (χ3n) is 2.38. The van der Waals surface area contributed by atoms with Crippen molar-refractivity contribution in [3.8, 4) is 11.1 Å². The van der Waals surface area contributed by atoms with E-state index in [1.807, 2.05) is 31.2 Å². The fraction of sp³-hybridized carbons (Fsp3) is 0.167. The highest BCUT2D eigenvalue weighted by Crippen LogP contribution is 2.28. The minimum absolute atomic E-state index is 0.112. The lowest BCUT2D eigenvalue weighted by Crippen LogP contribution is -2.07. The van der Waals surface area contributed by atoms with Gasteiger partial charge >= 0.3 is 0 Å². The number of H-pyrrole nitrogens is 1. The van der Waals surface area contributed by atoms with Gasteiger partial charge in [0.05, 0.1) is 6.20 Å². The van der Waals surface area contributed by atoms with Crippen LogP contribution >= 0.6 is 0 Å². The molecule has 0 aliphatic rings. The minimum atomic E-state index is -0.112. The standard InChI is InChI=1S/C12H13N3O/c1-8-5-3-4-6-10(8)11-7-13-15-12(11)14-9(2)16/h3-7H,1-2H3,(H2,13,14,15,16). The molecular formula is C12H13N3O. The first-order valence-corrected chi connectivity index (χ1v) is 5.05. The number of hydrogen-bond acceptors (Lipinski definition) is 2. The first-order valence-electron chi connectivity index (χ1n) is 5.05. The average molecular weight is 215 g/mol. The van der Waals surface area contributed by atoms with Crippen molar-refractivity contribution in [2.24, 2.45) is 0 Å². The highest BCUT2D eigenvalue weighted by atomic mass is 16.1. The molecule has 2 aromatic rings. The Hall–Kier alpha value is -2.10. The van der Waals surface area contributed by atoms with Crippen LogP contribution in [0.5, 0.6) is 0 Å². The maximum atomic E-state index is 11.0. The summed E-state index contributed by atoms with van der Waals surface area (Å²) in [7, 11) is 0. The second-order valence-electron chi connectivity index (χ2n) is 3.65. The molecular weight excluding hydrogens is 202 g/mol. The van der Waals surface area contributed by atoms with Crippen molar-refractivity contribution < 1.29 is 4.79 Å². The van der Waals surface area contributed by atoms with E-state index in [1.54, 1.807) is 6.20 Å². The largest absolute Gasteiger partial charge is 0.311 e. The number of anilines is 1. The van der Waals surface area contributed by atoms with Gasteiger partial charge in [-0.15, -0.1) is 0 Å². The second kappa shape index (κ2) is 4.18. The van der Waals surface area contributed by atoms with Crippen LogP contribution in [-0.4, -0.2) is 16.1 Å². The Morgan fingerprint density at radius 3 is 2.75 bits per heavy atom. The number of hydrogen-bond donors (Lipinski definition) is 2. The van der Waals surface area contributed by atoms with Gasteiger partial charge < -0.3 is 5.32 Å². The summed E-state index contributed by atoms with van der Waals surface area (Å²) in [5.74, 6) is 0.529. The summed E-state index contributed by atoms with van der Waals surface area (Å²) >= 11 is 0. The number of rotatable bonds is 2. The van der Waals surface area contributed by atoms with Crippen LogP contribution in [0.2, 0.25) is 0 Å². The van der Waals surface area contributed by atoms with E-state index in [4.69, 9.17) is 0 Å². The van der Waals surface area contributed by atoms with Gasteiger partial charge in [-0.3, -0.25) is 9.89 Å². The van der Waals surface area contributed by atoms with Crippen molar-refractivity contribution in [2.75, 3.05) is 5.32 Å². The first-order chi connectivity index (χ1) is 7.68. The summed E-state index contributed by atoms with van der Waals surface area (Å²) in [5.41, 5.74) is 3.13. The third kappa shape index (κ3) is 1.95. The zero-order valence-corrected chi connectivity index (χ0v) is 9.24. The number of aromatic nitrogens is 2. The molecule has 0 saturated carbocycles. The summed E-state index contributed by atoms with van der Waals surface area (Å²) < 4.78 is 0. The van der Waals surface area contributed by atoms with Gasteiger partial charge in [0, 0.05) is 12.5 Å². The van der Waals surface area contributed by atoms with Gasteiger partial charge in [0.2, 0.25) is 5.91 Å². The lowest BCUT2D eigenvalue weighted by atomic mass is 10.0. The van der Waals surface area contributed by atoms with Crippen LogP contribution in [0.3, 0.4) is 0 Å². The summed E-state index contributed by atoms with van der Waals surface area (Å²) in [6.45, 7) is 3.50. The summed E-state index contributed by atoms with van der Waals surface area (Å²) in [5, 5.41) is 9.46. The van der Waals surface area contributed by atoms with Crippen LogP contribution < -0.4 is 5.32 Å². The van der Waals surface area contributed by atoms with Gasteiger partial charge in [0.15, 0.2) is 0 Å². The molecule has 0 bridgehead atoms. The van der Waals surface area contributed by atoms with Gasteiger partial charge in [-0.25, -0.2) is 0 Å². The maximum absolute atomic E-state index is 11.0. The van der Waals surface area contributed by atoms with Crippen LogP contribution in [0.25, 0.3) is 11.1 Å². The molecule has 0 unspecified atom stereocenters. The van der Waals surface area contributed by atoms with Gasteiger partial charge in [0.25, 0.3) is 0 Å². The van der Waals surface area contributed by atoms with Crippen LogP contribution in [-0.2, 0) is 4.79 Å². The zero-order valence-electron chi connectivity index (χ0n) is 9.24. The number of aromatic amines is 1. The average Bonchev–Trinajstić information content (AvgIpc) is 2.66. The molecule has 1 aromatic carbocycles. The molecule has 4 heteroatoms. The fourth-order valence-corrected chi connectivity index (χ4v) is 1.64. The molecule has 1 heterocycles. The van der Waals surface area contributed by atoms with Crippen LogP contribution in [0.1, 0.15) is 12.5 Å². The first kappa shape index (κ1) is 10.4. The Kier molecular flexibility index (Phi) is 2.72. The molecule has 82 valence electrons. The van der Waals surface area contributed by atoms with Gasteiger partial charge in [-0.05, 0) is 18.1 Å². The number of amides is 1. The Bertz CT molecular complexity index is 516. The second-order valence-corrected chi connectivity index (χ2v) is 3.65. The smallest absolute Gasteiger partial charge is 0.222 e. The molecule has 1 aromatic heterocycles. The highest BCUT2D eigenvalue weighted by Gasteiger charge is 2.10. The van der Waals surface area contributed by atoms with Crippen molar-refractivity contribution in [3.05, 3.63) is 36.0 Å². The molecule has 1 amide bonds. The molecule has 0 saturated heterocycles. The van der Waals surface area contributed by atoms with E-state index < -0.39 is 0 Å². The van der Waals surface area contributed by atoms with E-state index >= 15 is 0 Å². The highest BCUT2D eigenvalue weighted by molar-refractivity contribution is 5.92. The SMILES string of the molecule is CC(=O)Nc1[nH]ncc1-c1ccccc1C. The topological polar surface area (TPSA) is 57.8 Å². The third-order valence-corrected chi connectivity index (χ3v) is 2.38. The summed E-state index contributed by atoms with van der Waals surface area (Å²) in [6, 6.07) is 7.98. The van der Waals surface area contributed by atoms with Crippen LogP contribution in [0, 0.1) is 6.92 Å². The normalized spacial score (nSPS) is 10.1. The van der Waals surface area contributed by atoms with Gasteiger partial charge in [0.1, 0.15) is 5.82 Å². The van der Waals surface area contributed by atoms with Crippen molar-refractivity contribution in [1.29, 1.82) is 0 Å². The fourth-order valence-electron chi connectivity index (χ4n) is 1.64. The molecule has 0 aliphatic carbocycles. The molecule has 2 rings (SSSR count). The van der Waals surface area contributed by atoms with Crippen molar-refractivity contribution in [2.45, 2.75) is 13.8 Å². The van der Waals surface area contributed by atoms with Crippen LogP contribution in [0.15, 0.2) is 30.5 Å². The van der Waals surface area contributed by atoms with Crippen molar-refractivity contribution in [3.63, 3.8) is 0 Å². The number of aryl methyl sites for hydroxylation is 1. The van der Waals surface area contributed by atoms with Crippen molar-refractivity contribution in [1.82, 2.24) is 10.2 Å². The summed E-state index contributed by atoms with van der Waals surface area (Å²) in [4.78, 5) is 11.0. The molecule has 0 spiro atoms. The van der Waals surface area contributed by atoms with E-state index in [1.165, 1.54) is 6.92 Å². The number of carbonyl (C=O) groups is 1. The van der Waals surface area contributed by atoms with E-state index in [0.717, 1.165) is 16.7 Å². The van der Waals surface area contributed by atoms with E-state index in [-0.39, 0.29) is 5.91 Å². The Balaban J connectivity index is 2.45.